The van der Waals surface area contributed by atoms with Crippen molar-refractivity contribution in [2.24, 2.45) is 11.8 Å². The van der Waals surface area contributed by atoms with Gasteiger partial charge in [0.2, 0.25) is 23.6 Å². The quantitative estimate of drug-likeness (QED) is 0.244. The number of ether oxygens (including phenoxy) is 4. The Morgan fingerprint density at radius 3 is 2.58 bits per heavy atom. The second-order valence-corrected chi connectivity index (χ2v) is 19.9. The first-order valence-corrected chi connectivity index (χ1v) is 23.2. The van der Waals surface area contributed by atoms with Crippen LogP contribution in [0.15, 0.2) is 24.4 Å². The molecular formula is C44H64N6O9S. The van der Waals surface area contributed by atoms with Gasteiger partial charge in [-0.15, -0.1) is 4.72 Å². The molecule has 2 aliphatic heterocycles. The zero-order valence-corrected chi connectivity index (χ0v) is 36.8. The summed E-state index contributed by atoms with van der Waals surface area (Å²) in [5.41, 5.74) is -0.524. The van der Waals surface area contributed by atoms with Crippen LogP contribution in [0.4, 0.5) is 4.79 Å². The fourth-order valence-electron chi connectivity index (χ4n) is 9.33. The van der Waals surface area contributed by atoms with Crippen LogP contribution in [0.25, 0.3) is 10.8 Å². The number of methoxy groups -OCH3 is 1. The van der Waals surface area contributed by atoms with E-state index in [4.69, 9.17) is 18.9 Å². The van der Waals surface area contributed by atoms with Gasteiger partial charge in [0, 0.05) is 48.8 Å². The maximum Gasteiger partial charge on any atom is 0.408 e. The number of carbonyl (C=O) groups is 4. The molecule has 2 aromatic rings. The summed E-state index contributed by atoms with van der Waals surface area (Å²) >= 11 is -1.20. The SMILES string of the molecule is CC[C@@H]1C[C@]1(NC(=O)[C@@H]1C[C@@H]2CN1C(=O)[C@H](C1CCCCC1)NC(=O)[C@@H](NC(=O)OC(C)(C)C)COCCCc1cc3c(nccc3cc1OC)O2)C(C)N[S+]([O-])C1CC1. The number of hydrogen-bond acceptors (Lipinski definition) is 11. The first-order valence-electron chi connectivity index (χ1n) is 22.0. The molecule has 4 bridgehead atoms. The van der Waals surface area contributed by atoms with Crippen molar-refractivity contribution in [3.05, 3.63) is 30.0 Å². The molecule has 330 valence electrons. The summed E-state index contributed by atoms with van der Waals surface area (Å²) in [6.45, 7) is 9.50. The number of aryl methyl sites for hydroxylation is 1. The normalized spacial score (nSPS) is 29.1. The van der Waals surface area contributed by atoms with Gasteiger partial charge in [0.05, 0.1) is 31.8 Å². The lowest BCUT2D eigenvalue weighted by atomic mass is 9.83. The standard InChI is InChI=1S/C44H64N6O9S/c1-7-30-23-44(30,26(2)49-60(55)32-15-16-32)48-39(52)35-22-31-24-50(35)41(53)37(27-12-9-8-10-13-27)47-38(51)34(46-42(54)59-43(3,4)5)25-57-19-11-14-29-20-33-28(21-36(29)56-6)17-18-45-40(33)58-31/h17-18,20-21,26-27,30-32,34-35,37,49H,7-16,19,22-25H2,1-6H3,(H,46,54)(H,47,51)(H,48,52)/t26?,30-,31-,34+,35+,37+,44+,60?/m1/s1. The van der Waals surface area contributed by atoms with Crippen LogP contribution in [0.3, 0.4) is 0 Å². The molecule has 0 spiro atoms. The number of pyridine rings is 1. The lowest BCUT2D eigenvalue weighted by molar-refractivity contribution is -0.143. The summed E-state index contributed by atoms with van der Waals surface area (Å²) in [5.74, 6) is -0.188. The second-order valence-electron chi connectivity index (χ2n) is 18.4. The van der Waals surface area contributed by atoms with E-state index in [2.05, 4.69) is 32.6 Å². The first kappa shape index (κ1) is 44.2. The zero-order chi connectivity index (χ0) is 42.8. The lowest BCUT2D eigenvalue weighted by Gasteiger charge is -2.36. The Bertz CT molecular complexity index is 1890. The van der Waals surface area contributed by atoms with Crippen molar-refractivity contribution < 1.29 is 42.7 Å². The average Bonchev–Trinajstić information content (AvgIpc) is 4.14. The van der Waals surface area contributed by atoms with E-state index in [1.165, 1.54) is 0 Å². The number of hydrogen-bond donors (Lipinski definition) is 4. The van der Waals surface area contributed by atoms with Gasteiger partial charge in [-0.05, 0) is 101 Å². The number of amides is 4. The molecule has 60 heavy (non-hydrogen) atoms. The van der Waals surface area contributed by atoms with Crippen LogP contribution >= 0.6 is 0 Å². The van der Waals surface area contributed by atoms with Gasteiger partial charge in [0.1, 0.15) is 40.8 Å². The molecule has 3 aliphatic carbocycles. The van der Waals surface area contributed by atoms with Gasteiger partial charge >= 0.3 is 6.09 Å². The van der Waals surface area contributed by atoms with E-state index in [-0.39, 0.29) is 61.1 Å². The van der Waals surface area contributed by atoms with Crippen LogP contribution in [0.5, 0.6) is 11.6 Å². The number of benzene rings is 1. The zero-order valence-electron chi connectivity index (χ0n) is 36.0. The van der Waals surface area contributed by atoms with E-state index < -0.39 is 58.7 Å². The summed E-state index contributed by atoms with van der Waals surface area (Å²) in [5, 5.41) is 10.9. The highest BCUT2D eigenvalue weighted by atomic mass is 32.2. The van der Waals surface area contributed by atoms with Gasteiger partial charge in [-0.25, -0.2) is 9.78 Å². The van der Waals surface area contributed by atoms with E-state index in [0.29, 0.717) is 24.5 Å². The monoisotopic (exact) mass is 852 g/mol. The third-order valence-electron chi connectivity index (χ3n) is 12.9. The maximum atomic E-state index is 15.2. The molecule has 4 amide bonds. The van der Waals surface area contributed by atoms with Gasteiger partial charge in [0.25, 0.3) is 0 Å². The number of aromatic nitrogens is 1. The number of fused-ring (bicyclic) bond motifs is 3. The summed E-state index contributed by atoms with van der Waals surface area (Å²) in [4.78, 5) is 63.6. The van der Waals surface area contributed by atoms with Crippen LogP contribution in [-0.4, -0.2) is 112 Å². The maximum absolute atomic E-state index is 15.2. The largest absolute Gasteiger partial charge is 0.598 e. The molecule has 5 aliphatic rings. The highest BCUT2D eigenvalue weighted by Crippen LogP contribution is 2.49. The Kier molecular flexibility index (Phi) is 13.7. The Balaban J connectivity index is 1.24. The molecule has 8 atom stereocenters. The molecule has 1 saturated heterocycles. The Hall–Kier alpha value is -3.86. The minimum atomic E-state index is -1.20. The van der Waals surface area contributed by atoms with Gasteiger partial charge in [-0.2, -0.15) is 0 Å². The van der Waals surface area contributed by atoms with Gasteiger partial charge in [-0.1, -0.05) is 32.6 Å². The molecular weight excluding hydrogens is 789 g/mol. The van der Waals surface area contributed by atoms with Crippen molar-refractivity contribution in [2.75, 3.05) is 26.9 Å². The second kappa shape index (κ2) is 18.6. The van der Waals surface area contributed by atoms with E-state index in [1.54, 1.807) is 39.0 Å². The van der Waals surface area contributed by atoms with Crippen molar-refractivity contribution in [2.45, 2.75) is 158 Å². The Labute approximate surface area is 356 Å². The summed E-state index contributed by atoms with van der Waals surface area (Å²) < 4.78 is 40.3. The smallest absolute Gasteiger partial charge is 0.408 e. The summed E-state index contributed by atoms with van der Waals surface area (Å²) in [7, 11) is 1.62. The molecule has 16 heteroatoms. The van der Waals surface area contributed by atoms with Crippen molar-refractivity contribution in [3.63, 3.8) is 0 Å². The fourth-order valence-corrected chi connectivity index (χ4v) is 10.6. The Morgan fingerprint density at radius 1 is 1.13 bits per heavy atom. The van der Waals surface area contributed by atoms with Crippen LogP contribution in [0, 0.1) is 11.8 Å². The summed E-state index contributed by atoms with van der Waals surface area (Å²) in [6.07, 6.45) is 9.34. The molecule has 15 nitrogen and oxygen atoms in total. The van der Waals surface area contributed by atoms with Crippen LogP contribution in [-0.2, 0) is 41.6 Å². The fraction of sp³-hybridized carbons (Fsp3) is 0.705. The molecule has 3 heterocycles. The first-order chi connectivity index (χ1) is 28.7. The van der Waals surface area contributed by atoms with E-state index in [0.717, 1.165) is 74.1 Å². The minimum Gasteiger partial charge on any atom is -0.598 e. The van der Waals surface area contributed by atoms with Crippen molar-refractivity contribution >= 4 is 45.9 Å². The molecule has 4 fully saturated rings. The molecule has 1 aromatic heterocycles. The van der Waals surface area contributed by atoms with Gasteiger partial charge in [-0.3, -0.25) is 14.4 Å². The highest BCUT2D eigenvalue weighted by Gasteiger charge is 2.60. The molecule has 3 saturated carbocycles. The number of nitrogens with one attached hydrogen (secondary N) is 4. The van der Waals surface area contributed by atoms with Crippen LogP contribution in [0.1, 0.15) is 111 Å². The number of carbonyl (C=O) groups excluding carboxylic acids is 4. The third kappa shape index (κ3) is 10.2. The molecule has 7 rings (SSSR count). The minimum absolute atomic E-state index is 0.0868. The average molecular weight is 853 g/mol. The molecule has 2 unspecified atom stereocenters. The predicted molar refractivity (Wildman–Crippen MR) is 227 cm³/mol. The summed E-state index contributed by atoms with van der Waals surface area (Å²) in [6, 6.07) is 2.53. The lowest BCUT2D eigenvalue weighted by Crippen LogP contribution is -2.61. The molecule has 1 aromatic carbocycles. The van der Waals surface area contributed by atoms with E-state index in [1.807, 2.05) is 25.1 Å². The predicted octanol–water partition coefficient (Wildman–Crippen LogP) is 4.60. The van der Waals surface area contributed by atoms with Crippen molar-refractivity contribution in [3.8, 4) is 11.6 Å². The third-order valence-corrected chi connectivity index (χ3v) is 14.5. The van der Waals surface area contributed by atoms with Gasteiger partial charge < -0.3 is 44.4 Å². The molecule has 4 N–H and O–H groups in total. The topological polar surface area (TPSA) is 193 Å². The number of rotatable bonds is 10. The van der Waals surface area contributed by atoms with Crippen molar-refractivity contribution in [1.82, 2.24) is 30.6 Å². The van der Waals surface area contributed by atoms with E-state index >= 15 is 4.79 Å². The number of alkyl carbamates (subject to hydrolysis) is 1. The van der Waals surface area contributed by atoms with Crippen LogP contribution in [0.2, 0.25) is 0 Å². The van der Waals surface area contributed by atoms with Crippen LogP contribution < -0.4 is 30.1 Å². The number of nitrogens with zero attached hydrogens (tertiary/aromatic N) is 2. The highest BCUT2D eigenvalue weighted by molar-refractivity contribution is 7.90. The van der Waals surface area contributed by atoms with Gasteiger partial charge in [0.15, 0.2) is 0 Å². The molecule has 0 radical (unpaired) electrons. The van der Waals surface area contributed by atoms with E-state index in [9.17, 15) is 18.9 Å². The Morgan fingerprint density at radius 2 is 1.90 bits per heavy atom. The van der Waals surface area contributed by atoms with Crippen molar-refractivity contribution in [1.29, 1.82) is 0 Å².